The molecule has 0 amide bonds. The molecule has 2 aromatic rings. The Kier molecular flexibility index (Phi) is 3.34. The van der Waals surface area contributed by atoms with E-state index in [-0.39, 0.29) is 0 Å². The second-order valence-electron chi connectivity index (χ2n) is 3.76. The Morgan fingerprint density at radius 2 is 1.94 bits per heavy atom. The van der Waals surface area contributed by atoms with Crippen LogP contribution in [0.2, 0.25) is 5.02 Å². The first kappa shape index (κ1) is 12.6. The topological polar surface area (TPSA) is 62.3 Å². The molecular formula is C12H14ClN3O2. The largest absolute Gasteiger partial charge is 0.493 e. The molecule has 2 rings (SSSR count). The van der Waals surface area contributed by atoms with E-state index in [1.807, 2.05) is 0 Å². The van der Waals surface area contributed by atoms with Crippen molar-refractivity contribution in [1.29, 1.82) is 0 Å². The molecule has 0 bridgehead atoms. The molecule has 0 radical (unpaired) electrons. The van der Waals surface area contributed by atoms with Crippen LogP contribution in [0.1, 0.15) is 0 Å². The van der Waals surface area contributed by atoms with Crippen LogP contribution in [0.3, 0.4) is 0 Å². The summed E-state index contributed by atoms with van der Waals surface area (Å²) >= 11 is 6.06. The van der Waals surface area contributed by atoms with Crippen LogP contribution in [0.4, 0.5) is 5.82 Å². The van der Waals surface area contributed by atoms with Crippen molar-refractivity contribution in [3.8, 4) is 22.6 Å². The van der Waals surface area contributed by atoms with E-state index in [9.17, 15) is 0 Å². The van der Waals surface area contributed by atoms with E-state index in [1.54, 1.807) is 44.3 Å². The van der Waals surface area contributed by atoms with E-state index in [2.05, 4.69) is 5.10 Å². The summed E-state index contributed by atoms with van der Waals surface area (Å²) in [6.45, 7) is 0. The summed E-state index contributed by atoms with van der Waals surface area (Å²) in [7, 11) is 4.90. The summed E-state index contributed by atoms with van der Waals surface area (Å²) in [6, 6.07) is 3.47. The van der Waals surface area contributed by atoms with Crippen LogP contribution >= 0.6 is 11.6 Å². The van der Waals surface area contributed by atoms with Crippen molar-refractivity contribution in [3.63, 3.8) is 0 Å². The third-order valence-corrected chi connectivity index (χ3v) is 2.94. The molecule has 1 aromatic heterocycles. The minimum atomic E-state index is 0.539. The summed E-state index contributed by atoms with van der Waals surface area (Å²) in [4.78, 5) is 0. The predicted molar refractivity (Wildman–Crippen MR) is 71.2 cm³/mol. The van der Waals surface area contributed by atoms with Crippen molar-refractivity contribution >= 4 is 17.4 Å². The molecular weight excluding hydrogens is 254 g/mol. The first-order valence-electron chi connectivity index (χ1n) is 5.27. The number of nitrogen functional groups attached to an aromatic ring is 1. The fourth-order valence-electron chi connectivity index (χ4n) is 1.79. The van der Waals surface area contributed by atoms with E-state index in [0.29, 0.717) is 22.3 Å². The van der Waals surface area contributed by atoms with Crippen LogP contribution in [0.15, 0.2) is 18.3 Å². The molecule has 96 valence electrons. The van der Waals surface area contributed by atoms with Gasteiger partial charge in [0.25, 0.3) is 0 Å². The highest BCUT2D eigenvalue weighted by atomic mass is 35.5. The van der Waals surface area contributed by atoms with Gasteiger partial charge in [0.05, 0.1) is 20.4 Å². The highest BCUT2D eigenvalue weighted by Gasteiger charge is 2.17. The lowest BCUT2D eigenvalue weighted by atomic mass is 10.1. The van der Waals surface area contributed by atoms with Gasteiger partial charge in [0.15, 0.2) is 11.5 Å². The third kappa shape index (κ3) is 1.97. The highest BCUT2D eigenvalue weighted by molar-refractivity contribution is 6.31. The van der Waals surface area contributed by atoms with Crippen molar-refractivity contribution in [2.45, 2.75) is 0 Å². The van der Waals surface area contributed by atoms with Crippen LogP contribution in [-0.2, 0) is 7.05 Å². The molecule has 0 fully saturated rings. The summed E-state index contributed by atoms with van der Waals surface area (Å²) in [5.74, 6) is 1.68. The van der Waals surface area contributed by atoms with Gasteiger partial charge in [0, 0.05) is 29.3 Å². The van der Waals surface area contributed by atoms with Gasteiger partial charge in [-0.2, -0.15) is 5.10 Å². The molecule has 5 nitrogen and oxygen atoms in total. The first-order chi connectivity index (χ1) is 8.58. The number of ether oxygens (including phenoxy) is 2. The SMILES string of the molecule is COc1cc(Cl)cc(-c2cnn(C)c2N)c1OC. The van der Waals surface area contributed by atoms with Crippen LogP contribution in [0, 0.1) is 0 Å². The number of rotatable bonds is 3. The molecule has 0 aliphatic heterocycles. The number of aromatic nitrogens is 2. The van der Waals surface area contributed by atoms with Crippen molar-refractivity contribution in [2.24, 2.45) is 7.05 Å². The number of hydrogen-bond donors (Lipinski definition) is 1. The Morgan fingerprint density at radius 1 is 1.22 bits per heavy atom. The maximum absolute atomic E-state index is 6.06. The van der Waals surface area contributed by atoms with Gasteiger partial charge >= 0.3 is 0 Å². The standard InChI is InChI=1S/C12H14ClN3O2/c1-16-12(14)9(6-15-16)8-4-7(13)5-10(17-2)11(8)18-3/h4-6H,14H2,1-3H3. The molecule has 0 spiro atoms. The fraction of sp³-hybridized carbons (Fsp3) is 0.250. The molecule has 0 atom stereocenters. The maximum atomic E-state index is 6.06. The number of benzene rings is 1. The van der Waals surface area contributed by atoms with Gasteiger partial charge in [-0.3, -0.25) is 4.68 Å². The van der Waals surface area contributed by atoms with Gasteiger partial charge < -0.3 is 15.2 Å². The zero-order valence-corrected chi connectivity index (χ0v) is 11.2. The molecule has 6 heteroatoms. The Balaban J connectivity index is 2.70. The smallest absolute Gasteiger partial charge is 0.168 e. The van der Waals surface area contributed by atoms with Gasteiger partial charge in [0.2, 0.25) is 0 Å². The van der Waals surface area contributed by atoms with Crippen LogP contribution < -0.4 is 15.2 Å². The lowest BCUT2D eigenvalue weighted by Crippen LogP contribution is -1.99. The van der Waals surface area contributed by atoms with Gasteiger partial charge in [-0.25, -0.2) is 0 Å². The van der Waals surface area contributed by atoms with Gasteiger partial charge in [0.1, 0.15) is 5.82 Å². The molecule has 1 aromatic carbocycles. The number of aryl methyl sites for hydroxylation is 1. The molecule has 0 unspecified atom stereocenters. The molecule has 0 saturated carbocycles. The number of hydrogen-bond acceptors (Lipinski definition) is 4. The quantitative estimate of drug-likeness (QED) is 0.927. The van der Waals surface area contributed by atoms with Gasteiger partial charge in [-0.05, 0) is 6.07 Å². The second kappa shape index (κ2) is 4.78. The van der Waals surface area contributed by atoms with Crippen molar-refractivity contribution in [3.05, 3.63) is 23.4 Å². The molecule has 2 N–H and O–H groups in total. The molecule has 1 heterocycles. The summed E-state index contributed by atoms with van der Waals surface area (Å²) in [5.41, 5.74) is 7.48. The average Bonchev–Trinajstić information content (AvgIpc) is 2.69. The number of anilines is 1. The molecule has 18 heavy (non-hydrogen) atoms. The minimum Gasteiger partial charge on any atom is -0.493 e. The molecule has 0 saturated heterocycles. The highest BCUT2D eigenvalue weighted by Crippen LogP contribution is 2.42. The predicted octanol–water partition coefficient (Wildman–Crippen LogP) is 2.34. The molecule has 0 aliphatic rings. The van der Waals surface area contributed by atoms with Crippen LogP contribution in [0.5, 0.6) is 11.5 Å². The van der Waals surface area contributed by atoms with Crippen molar-refractivity contribution in [2.75, 3.05) is 20.0 Å². The Bertz CT molecular complexity index is 581. The zero-order chi connectivity index (χ0) is 13.3. The summed E-state index contributed by atoms with van der Waals surface area (Å²) < 4.78 is 12.2. The van der Waals surface area contributed by atoms with Gasteiger partial charge in [-0.1, -0.05) is 11.6 Å². The second-order valence-corrected chi connectivity index (χ2v) is 4.19. The monoisotopic (exact) mass is 267 g/mol. The van der Waals surface area contributed by atoms with E-state index >= 15 is 0 Å². The number of methoxy groups -OCH3 is 2. The van der Waals surface area contributed by atoms with Crippen LogP contribution in [0.25, 0.3) is 11.1 Å². The van der Waals surface area contributed by atoms with Crippen molar-refractivity contribution < 1.29 is 9.47 Å². The summed E-state index contributed by atoms with van der Waals surface area (Å²) in [6.07, 6.45) is 1.67. The normalized spacial score (nSPS) is 10.4. The minimum absolute atomic E-state index is 0.539. The lowest BCUT2D eigenvalue weighted by Gasteiger charge is -2.13. The lowest BCUT2D eigenvalue weighted by molar-refractivity contribution is 0.356. The Morgan fingerprint density at radius 3 is 2.44 bits per heavy atom. The third-order valence-electron chi connectivity index (χ3n) is 2.72. The average molecular weight is 268 g/mol. The Labute approximate surface area is 110 Å². The Hall–Kier alpha value is -1.88. The maximum Gasteiger partial charge on any atom is 0.168 e. The van der Waals surface area contributed by atoms with Crippen LogP contribution in [-0.4, -0.2) is 24.0 Å². The fourth-order valence-corrected chi connectivity index (χ4v) is 1.99. The summed E-state index contributed by atoms with van der Waals surface area (Å²) in [5, 5.41) is 4.65. The van der Waals surface area contributed by atoms with Crippen molar-refractivity contribution in [1.82, 2.24) is 9.78 Å². The van der Waals surface area contributed by atoms with E-state index in [0.717, 1.165) is 11.1 Å². The zero-order valence-electron chi connectivity index (χ0n) is 10.4. The van der Waals surface area contributed by atoms with E-state index in [1.165, 1.54) is 0 Å². The van der Waals surface area contributed by atoms with E-state index in [4.69, 9.17) is 26.8 Å². The number of nitrogens with zero attached hydrogens (tertiary/aromatic N) is 2. The molecule has 0 aliphatic carbocycles. The first-order valence-corrected chi connectivity index (χ1v) is 5.65. The number of nitrogens with two attached hydrogens (primary N) is 1. The van der Waals surface area contributed by atoms with E-state index < -0.39 is 0 Å². The number of halogens is 1. The van der Waals surface area contributed by atoms with Gasteiger partial charge in [-0.15, -0.1) is 0 Å².